The molecule has 0 aliphatic rings. The maximum absolute atomic E-state index is 12.9. The average Bonchev–Trinajstić information content (AvgIpc) is 2.39. The van der Waals surface area contributed by atoms with Gasteiger partial charge in [0.25, 0.3) is 5.91 Å². The Hall–Kier alpha value is -2.14. The van der Waals surface area contributed by atoms with E-state index in [0.29, 0.717) is 16.5 Å². The summed E-state index contributed by atoms with van der Waals surface area (Å²) >= 11 is 5.85. The number of hydrogen-bond donors (Lipinski definition) is 1. The third kappa shape index (κ3) is 3.20. The molecule has 0 unspecified atom stereocenters. The molecule has 1 aromatic carbocycles. The zero-order valence-corrected chi connectivity index (χ0v) is 10.7. The normalized spacial score (nSPS) is 10.1. The monoisotopic (exact) mass is 280 g/mol. The highest BCUT2D eigenvalue weighted by molar-refractivity contribution is 6.31. The van der Waals surface area contributed by atoms with Crippen molar-refractivity contribution in [2.24, 2.45) is 0 Å². The predicted molar refractivity (Wildman–Crippen MR) is 70.2 cm³/mol. The lowest BCUT2D eigenvalue weighted by Crippen LogP contribution is -2.14. The van der Waals surface area contributed by atoms with Gasteiger partial charge in [-0.15, -0.1) is 0 Å². The molecule has 1 heterocycles. The van der Waals surface area contributed by atoms with Crippen LogP contribution < -0.4 is 10.1 Å². The first-order chi connectivity index (χ1) is 9.10. The van der Waals surface area contributed by atoms with E-state index in [-0.39, 0.29) is 5.69 Å². The number of hydrogen-bond acceptors (Lipinski definition) is 3. The Kier molecular flexibility index (Phi) is 3.97. The van der Waals surface area contributed by atoms with Gasteiger partial charge in [-0.3, -0.25) is 4.79 Å². The van der Waals surface area contributed by atoms with Gasteiger partial charge in [-0.25, -0.2) is 4.98 Å². The van der Waals surface area contributed by atoms with E-state index in [1.54, 1.807) is 12.1 Å². The molecule has 4 nitrogen and oxygen atoms in total. The molecule has 0 aliphatic carbocycles. The first-order valence-corrected chi connectivity index (χ1v) is 5.75. The van der Waals surface area contributed by atoms with Gasteiger partial charge in [0.05, 0.1) is 12.8 Å². The maximum atomic E-state index is 12.9. The van der Waals surface area contributed by atoms with E-state index in [9.17, 15) is 9.18 Å². The van der Waals surface area contributed by atoms with E-state index >= 15 is 0 Å². The molecule has 1 aromatic heterocycles. The van der Waals surface area contributed by atoms with E-state index in [2.05, 4.69) is 10.3 Å². The van der Waals surface area contributed by atoms with Crippen LogP contribution in [0.4, 0.5) is 10.1 Å². The number of amides is 1. The van der Waals surface area contributed by atoms with Crippen molar-refractivity contribution in [3.8, 4) is 5.75 Å². The van der Waals surface area contributed by atoms with Crippen LogP contribution in [-0.2, 0) is 0 Å². The van der Waals surface area contributed by atoms with Crippen LogP contribution in [-0.4, -0.2) is 18.0 Å². The van der Waals surface area contributed by atoms with Crippen LogP contribution in [0, 0.1) is 5.95 Å². The van der Waals surface area contributed by atoms with Gasteiger partial charge in [0.2, 0.25) is 5.95 Å². The van der Waals surface area contributed by atoms with E-state index in [4.69, 9.17) is 16.3 Å². The predicted octanol–water partition coefficient (Wildman–Crippen LogP) is 3.14. The Labute approximate surface area is 114 Å². The van der Waals surface area contributed by atoms with Crippen LogP contribution in [0.1, 0.15) is 10.5 Å². The van der Waals surface area contributed by atoms with Crippen molar-refractivity contribution in [3.05, 3.63) is 53.1 Å². The van der Waals surface area contributed by atoms with Gasteiger partial charge in [0, 0.05) is 5.02 Å². The lowest BCUT2D eigenvalue weighted by Gasteiger charge is -2.10. The zero-order chi connectivity index (χ0) is 13.8. The molecule has 1 amide bonds. The van der Waals surface area contributed by atoms with E-state index < -0.39 is 11.9 Å². The van der Waals surface area contributed by atoms with Gasteiger partial charge in [-0.05, 0) is 30.3 Å². The quantitative estimate of drug-likeness (QED) is 0.879. The number of methoxy groups -OCH3 is 1. The molecule has 0 radical (unpaired) electrons. The lowest BCUT2D eigenvalue weighted by atomic mass is 10.2. The fraction of sp³-hybridized carbons (Fsp3) is 0.0769. The third-order valence-corrected chi connectivity index (χ3v) is 2.59. The van der Waals surface area contributed by atoms with Gasteiger partial charge in [-0.2, -0.15) is 4.39 Å². The number of pyridine rings is 1. The molecule has 0 saturated heterocycles. The van der Waals surface area contributed by atoms with Gasteiger partial charge in [0.1, 0.15) is 11.4 Å². The van der Waals surface area contributed by atoms with E-state index in [1.165, 1.54) is 25.3 Å². The molecule has 0 bridgehead atoms. The largest absolute Gasteiger partial charge is 0.495 e. The Balaban J connectivity index is 2.26. The van der Waals surface area contributed by atoms with Crippen LogP contribution in [0.25, 0.3) is 0 Å². The second-order valence-electron chi connectivity index (χ2n) is 3.64. The molecule has 0 saturated carbocycles. The van der Waals surface area contributed by atoms with Gasteiger partial charge < -0.3 is 10.1 Å². The maximum Gasteiger partial charge on any atom is 0.274 e. The number of nitrogens with one attached hydrogen (secondary N) is 1. The average molecular weight is 281 g/mol. The molecular formula is C13H10ClFN2O2. The summed E-state index contributed by atoms with van der Waals surface area (Å²) < 4.78 is 18.0. The number of ether oxygens (including phenoxy) is 1. The fourth-order valence-corrected chi connectivity index (χ4v) is 1.67. The molecule has 0 aliphatic heterocycles. The van der Waals surface area contributed by atoms with Crippen LogP contribution in [0.5, 0.6) is 5.75 Å². The Morgan fingerprint density at radius 2 is 2.16 bits per heavy atom. The molecule has 0 spiro atoms. The fourth-order valence-electron chi connectivity index (χ4n) is 1.50. The number of nitrogens with zero attached hydrogens (tertiary/aromatic N) is 1. The van der Waals surface area contributed by atoms with Crippen molar-refractivity contribution < 1.29 is 13.9 Å². The summed E-state index contributed by atoms with van der Waals surface area (Å²) in [5.41, 5.74) is 0.369. The molecule has 0 atom stereocenters. The van der Waals surface area contributed by atoms with Gasteiger partial charge >= 0.3 is 0 Å². The molecule has 6 heteroatoms. The Morgan fingerprint density at radius 3 is 2.84 bits per heavy atom. The molecule has 2 rings (SSSR count). The van der Waals surface area contributed by atoms with E-state index in [1.807, 2.05) is 0 Å². The summed E-state index contributed by atoms with van der Waals surface area (Å²) in [7, 11) is 1.47. The number of benzene rings is 1. The SMILES string of the molecule is COc1ccc(Cl)cc1NC(=O)c1cccc(F)n1. The number of carbonyl (C=O) groups is 1. The second kappa shape index (κ2) is 5.67. The minimum atomic E-state index is -0.717. The van der Waals surface area contributed by atoms with Crippen molar-refractivity contribution in [1.29, 1.82) is 0 Å². The molecule has 0 fully saturated rings. The summed E-state index contributed by atoms with van der Waals surface area (Å²) in [6.45, 7) is 0. The van der Waals surface area contributed by atoms with Crippen LogP contribution in [0.15, 0.2) is 36.4 Å². The number of aromatic nitrogens is 1. The third-order valence-electron chi connectivity index (χ3n) is 2.36. The number of halogens is 2. The van der Waals surface area contributed by atoms with Gasteiger partial charge in [0.15, 0.2) is 0 Å². The van der Waals surface area contributed by atoms with Gasteiger partial charge in [-0.1, -0.05) is 17.7 Å². The Bertz CT molecular complexity index is 619. The van der Waals surface area contributed by atoms with Crippen molar-refractivity contribution in [2.75, 3.05) is 12.4 Å². The smallest absolute Gasteiger partial charge is 0.274 e. The van der Waals surface area contributed by atoms with Crippen molar-refractivity contribution in [1.82, 2.24) is 4.98 Å². The standard InChI is InChI=1S/C13H10ClFN2O2/c1-19-11-6-5-8(14)7-10(11)17-13(18)9-3-2-4-12(15)16-9/h2-7H,1H3,(H,17,18). The van der Waals surface area contributed by atoms with Crippen LogP contribution >= 0.6 is 11.6 Å². The highest BCUT2D eigenvalue weighted by Gasteiger charge is 2.12. The van der Waals surface area contributed by atoms with Crippen LogP contribution in [0.2, 0.25) is 5.02 Å². The van der Waals surface area contributed by atoms with Crippen LogP contribution in [0.3, 0.4) is 0 Å². The summed E-state index contributed by atoms with van der Waals surface area (Å²) in [5.74, 6) is -0.806. The van der Waals surface area contributed by atoms with Crippen molar-refractivity contribution in [2.45, 2.75) is 0 Å². The first kappa shape index (κ1) is 13.3. The molecular weight excluding hydrogens is 271 g/mol. The summed E-state index contributed by atoms with van der Waals surface area (Å²) in [6, 6.07) is 8.78. The number of anilines is 1. The minimum Gasteiger partial charge on any atom is -0.495 e. The molecule has 1 N–H and O–H groups in total. The highest BCUT2D eigenvalue weighted by atomic mass is 35.5. The molecule has 98 valence electrons. The van der Waals surface area contributed by atoms with E-state index in [0.717, 1.165) is 6.07 Å². The second-order valence-corrected chi connectivity index (χ2v) is 4.08. The molecule has 19 heavy (non-hydrogen) atoms. The van der Waals surface area contributed by atoms with Crippen molar-refractivity contribution >= 4 is 23.2 Å². The zero-order valence-electron chi connectivity index (χ0n) is 9.98. The summed E-state index contributed by atoms with van der Waals surface area (Å²) in [5, 5.41) is 3.02. The lowest BCUT2D eigenvalue weighted by molar-refractivity contribution is 0.102. The summed E-state index contributed by atoms with van der Waals surface area (Å²) in [6.07, 6.45) is 0. The minimum absolute atomic E-state index is 0.0259. The molecule has 2 aromatic rings. The Morgan fingerprint density at radius 1 is 1.37 bits per heavy atom. The first-order valence-electron chi connectivity index (χ1n) is 5.37. The topological polar surface area (TPSA) is 51.2 Å². The highest BCUT2D eigenvalue weighted by Crippen LogP contribution is 2.27. The van der Waals surface area contributed by atoms with Crippen molar-refractivity contribution in [3.63, 3.8) is 0 Å². The number of carbonyl (C=O) groups excluding carboxylic acids is 1. The summed E-state index contributed by atoms with van der Waals surface area (Å²) in [4.78, 5) is 15.4. The number of rotatable bonds is 3.